The number of ether oxygens (including phenoxy) is 1. The largest absolute Gasteiger partial charge is 0.480 e. The summed E-state index contributed by atoms with van der Waals surface area (Å²) in [6.45, 7) is 1.28. The molecule has 1 aliphatic carbocycles. The summed E-state index contributed by atoms with van der Waals surface area (Å²) in [5, 5.41) is 6.96. The highest BCUT2D eigenvalue weighted by atomic mass is 19.4. The topological polar surface area (TPSA) is 80.5 Å². The number of nitrogens with zero attached hydrogens (tertiary/aromatic N) is 6. The molecule has 2 aliphatic rings. The molecule has 2 fully saturated rings. The van der Waals surface area contributed by atoms with Crippen LogP contribution in [0.25, 0.3) is 5.65 Å². The van der Waals surface area contributed by atoms with Crippen molar-refractivity contribution < 1.29 is 35.5 Å². The molecular formula is C21H20F7N7O. The molecule has 1 unspecified atom stereocenters. The fourth-order valence-electron chi connectivity index (χ4n) is 5.24. The van der Waals surface area contributed by atoms with Gasteiger partial charge in [0.25, 0.3) is 0 Å². The Kier molecular flexibility index (Phi) is 5.82. The van der Waals surface area contributed by atoms with Crippen molar-refractivity contribution in [3.8, 4) is 5.75 Å². The Hall–Kier alpha value is -3.39. The van der Waals surface area contributed by atoms with Crippen LogP contribution in [0, 0.1) is 23.6 Å². The van der Waals surface area contributed by atoms with E-state index in [-0.39, 0.29) is 35.6 Å². The number of anilines is 2. The molecule has 4 heterocycles. The third-order valence-corrected chi connectivity index (χ3v) is 6.73. The van der Waals surface area contributed by atoms with E-state index in [1.54, 1.807) is 4.90 Å². The molecule has 8 nitrogen and oxygen atoms in total. The van der Waals surface area contributed by atoms with Gasteiger partial charge in [0.1, 0.15) is 12.0 Å². The Morgan fingerprint density at radius 1 is 1.11 bits per heavy atom. The van der Waals surface area contributed by atoms with Gasteiger partial charge in [0.15, 0.2) is 29.6 Å². The number of alkyl halides is 6. The maximum Gasteiger partial charge on any atom is 0.433 e. The molecular weight excluding hydrogens is 499 g/mol. The van der Waals surface area contributed by atoms with Gasteiger partial charge >= 0.3 is 12.4 Å². The molecule has 1 aliphatic heterocycles. The summed E-state index contributed by atoms with van der Waals surface area (Å²) in [6, 6.07) is 1.15. The Labute approximate surface area is 199 Å². The molecule has 0 bridgehead atoms. The van der Waals surface area contributed by atoms with Gasteiger partial charge in [0.05, 0.1) is 6.20 Å². The van der Waals surface area contributed by atoms with E-state index in [1.165, 1.54) is 6.33 Å². The molecule has 1 saturated carbocycles. The number of nitrogens with one attached hydrogen (secondary N) is 1. The van der Waals surface area contributed by atoms with E-state index in [2.05, 4.69) is 25.4 Å². The summed E-state index contributed by atoms with van der Waals surface area (Å²) < 4.78 is 97.8. The lowest BCUT2D eigenvalue weighted by atomic mass is 9.61. The van der Waals surface area contributed by atoms with Crippen LogP contribution in [0.4, 0.5) is 42.5 Å². The predicted octanol–water partition coefficient (Wildman–Crippen LogP) is 4.19. The van der Waals surface area contributed by atoms with E-state index in [0.717, 1.165) is 18.7 Å². The lowest BCUT2D eigenvalue weighted by molar-refractivity contribution is -0.153. The Bertz CT molecular complexity index is 1260. The van der Waals surface area contributed by atoms with E-state index in [1.807, 2.05) is 6.92 Å². The summed E-state index contributed by atoms with van der Waals surface area (Å²) in [7, 11) is 0. The molecule has 1 N–H and O–H groups in total. The predicted molar refractivity (Wildman–Crippen MR) is 112 cm³/mol. The number of pyridine rings is 1. The maximum absolute atomic E-state index is 14.2. The first-order chi connectivity index (χ1) is 17.0. The summed E-state index contributed by atoms with van der Waals surface area (Å²) >= 11 is 0. The lowest BCUT2D eigenvalue weighted by Crippen LogP contribution is -2.54. The molecule has 0 radical (unpaired) electrons. The van der Waals surface area contributed by atoms with Crippen molar-refractivity contribution in [1.29, 1.82) is 0 Å². The molecule has 3 aromatic heterocycles. The zero-order chi connectivity index (χ0) is 25.8. The van der Waals surface area contributed by atoms with E-state index >= 15 is 0 Å². The maximum atomic E-state index is 14.2. The second kappa shape index (κ2) is 8.62. The minimum atomic E-state index is -4.83. The van der Waals surface area contributed by atoms with Crippen LogP contribution >= 0.6 is 0 Å². The van der Waals surface area contributed by atoms with Gasteiger partial charge in [-0.15, -0.1) is 5.10 Å². The fraction of sp³-hybridized carbons (Fsp3) is 0.524. The van der Waals surface area contributed by atoms with E-state index in [4.69, 9.17) is 4.74 Å². The smallest absolute Gasteiger partial charge is 0.433 e. The van der Waals surface area contributed by atoms with Crippen molar-refractivity contribution in [2.24, 2.45) is 17.8 Å². The first kappa shape index (κ1) is 24.3. The molecule has 1 saturated heterocycles. The number of aromatic nitrogens is 5. The van der Waals surface area contributed by atoms with Crippen LogP contribution in [0.5, 0.6) is 5.75 Å². The number of rotatable bonds is 6. The third kappa shape index (κ3) is 4.34. The van der Waals surface area contributed by atoms with Crippen LogP contribution in [0.3, 0.4) is 0 Å². The molecule has 5 rings (SSSR count). The second-order valence-electron chi connectivity index (χ2n) is 8.82. The second-order valence-corrected chi connectivity index (χ2v) is 8.82. The number of hydrogen-bond acceptors (Lipinski definition) is 7. The quantitative estimate of drug-likeness (QED) is 0.490. The highest BCUT2D eigenvalue weighted by Gasteiger charge is 2.54. The van der Waals surface area contributed by atoms with Crippen LogP contribution in [0.1, 0.15) is 19.0 Å². The van der Waals surface area contributed by atoms with Gasteiger partial charge in [-0.1, -0.05) is 13.3 Å². The van der Waals surface area contributed by atoms with E-state index in [9.17, 15) is 30.7 Å². The zero-order valence-electron chi connectivity index (χ0n) is 18.7. The monoisotopic (exact) mass is 519 g/mol. The minimum absolute atomic E-state index is 0.0129. The molecule has 3 aromatic rings. The average Bonchev–Trinajstić information content (AvgIpc) is 3.37. The standard InChI is InChI=1S/C21H20F7N7O/c1-2-10-11-6-34(17-13(22)5-29-9-30-17)7-12(11)16(10)31-19-32-18-14(36-8-20(23,24)25)3-4-15(21(26,27)28)35(18)33-19/h3-5,9-12,16H,2,6-8H2,1H3,(H,31,33)/t10-,11?,12-,16-/m1/s1. The first-order valence-corrected chi connectivity index (χ1v) is 11.1. The molecule has 36 heavy (non-hydrogen) atoms. The van der Waals surface area contributed by atoms with E-state index in [0.29, 0.717) is 23.7 Å². The van der Waals surface area contributed by atoms with Crippen molar-refractivity contribution in [3.05, 3.63) is 36.2 Å². The Balaban J connectivity index is 1.42. The van der Waals surface area contributed by atoms with Gasteiger partial charge in [-0.2, -0.15) is 31.3 Å². The van der Waals surface area contributed by atoms with Crippen molar-refractivity contribution in [1.82, 2.24) is 24.6 Å². The van der Waals surface area contributed by atoms with Crippen LogP contribution in [0.2, 0.25) is 0 Å². The Morgan fingerprint density at radius 3 is 2.53 bits per heavy atom. The van der Waals surface area contributed by atoms with Crippen molar-refractivity contribution in [3.63, 3.8) is 0 Å². The molecule has 0 amide bonds. The molecule has 0 aromatic carbocycles. The van der Waals surface area contributed by atoms with Crippen LogP contribution in [0.15, 0.2) is 24.7 Å². The minimum Gasteiger partial charge on any atom is -0.480 e. The molecule has 194 valence electrons. The Morgan fingerprint density at radius 2 is 1.86 bits per heavy atom. The number of hydrogen-bond donors (Lipinski definition) is 1. The highest BCUT2D eigenvalue weighted by molar-refractivity contribution is 5.57. The third-order valence-electron chi connectivity index (χ3n) is 6.73. The number of halogens is 7. The van der Waals surface area contributed by atoms with Crippen LogP contribution < -0.4 is 15.0 Å². The van der Waals surface area contributed by atoms with Crippen molar-refractivity contribution in [2.45, 2.75) is 31.7 Å². The van der Waals surface area contributed by atoms with Gasteiger partial charge in [-0.05, 0) is 24.0 Å². The van der Waals surface area contributed by atoms with Gasteiger partial charge in [-0.3, -0.25) is 0 Å². The van der Waals surface area contributed by atoms with Gasteiger partial charge in [-0.25, -0.2) is 18.9 Å². The molecule has 4 atom stereocenters. The summed E-state index contributed by atoms with van der Waals surface area (Å²) in [6.07, 6.45) is -6.45. The summed E-state index contributed by atoms with van der Waals surface area (Å²) in [5.41, 5.74) is -1.70. The van der Waals surface area contributed by atoms with Crippen molar-refractivity contribution in [2.75, 3.05) is 29.9 Å². The highest BCUT2D eigenvalue weighted by Crippen LogP contribution is 2.49. The zero-order valence-corrected chi connectivity index (χ0v) is 18.7. The first-order valence-electron chi connectivity index (χ1n) is 11.1. The van der Waals surface area contributed by atoms with Crippen LogP contribution in [-0.4, -0.2) is 56.5 Å². The normalized spacial score (nSPS) is 24.1. The van der Waals surface area contributed by atoms with E-state index < -0.39 is 41.9 Å². The SMILES string of the molecule is CC[C@@H]1C2CN(c3ncncc3F)C[C@H]2[C@@H]1Nc1nc2c(OCC(F)(F)F)ccc(C(F)(F)F)n2n1. The van der Waals surface area contributed by atoms with Crippen LogP contribution in [-0.2, 0) is 6.18 Å². The lowest BCUT2D eigenvalue weighted by Gasteiger charge is -2.47. The molecule has 15 heteroatoms. The van der Waals surface area contributed by atoms with Crippen molar-refractivity contribution >= 4 is 17.4 Å². The summed E-state index contributed by atoms with van der Waals surface area (Å²) in [4.78, 5) is 13.5. The van der Waals surface area contributed by atoms with Gasteiger partial charge in [0, 0.05) is 25.0 Å². The summed E-state index contributed by atoms with van der Waals surface area (Å²) in [5.74, 6) is -0.721. The number of fused-ring (bicyclic) bond motifs is 2. The molecule has 0 spiro atoms. The fourth-order valence-corrected chi connectivity index (χ4v) is 5.24. The van der Waals surface area contributed by atoms with Gasteiger partial charge in [0.2, 0.25) is 5.95 Å². The average molecular weight is 519 g/mol. The van der Waals surface area contributed by atoms with Gasteiger partial charge < -0.3 is 15.0 Å².